The van der Waals surface area contributed by atoms with Gasteiger partial charge in [-0.2, -0.15) is 0 Å². The number of H-pyrrole nitrogens is 1. The number of hydrogen-bond acceptors (Lipinski definition) is 1. The number of fused-ring (bicyclic) bond motifs is 1. The van der Waals surface area contributed by atoms with Crippen molar-refractivity contribution >= 4 is 22.5 Å². The van der Waals surface area contributed by atoms with Crippen LogP contribution < -0.4 is 5.73 Å². The van der Waals surface area contributed by atoms with E-state index in [-0.39, 0.29) is 0 Å². The summed E-state index contributed by atoms with van der Waals surface area (Å²) in [7, 11) is 0. The molecule has 0 aliphatic carbocycles. The lowest BCUT2D eigenvalue weighted by Crippen LogP contribution is -1.99. The van der Waals surface area contributed by atoms with Gasteiger partial charge in [-0.15, -0.1) is 0 Å². The Morgan fingerprint density at radius 2 is 1.79 bits per heavy atom. The van der Waals surface area contributed by atoms with Crippen molar-refractivity contribution < 1.29 is 0 Å². The highest BCUT2D eigenvalue weighted by molar-refractivity contribution is 6.36. The van der Waals surface area contributed by atoms with E-state index in [0.29, 0.717) is 0 Å². The van der Waals surface area contributed by atoms with Gasteiger partial charge in [0.05, 0.1) is 10.5 Å². The quantitative estimate of drug-likeness (QED) is 0.560. The Morgan fingerprint density at radius 1 is 1.04 bits per heavy atom. The molecule has 0 amide bonds. The Hall–Kier alpha value is -1.77. The molecule has 2 aromatic carbocycles. The molecule has 3 N–H and O–H groups in total. The van der Waals surface area contributed by atoms with Gasteiger partial charge in [-0.1, -0.05) is 48.9 Å². The van der Waals surface area contributed by atoms with Gasteiger partial charge in [0.25, 0.3) is 0 Å². The third kappa shape index (κ3) is 3.22. The number of hydrogen-bond donors (Lipinski definition) is 2. The van der Waals surface area contributed by atoms with Gasteiger partial charge in [-0.3, -0.25) is 0 Å². The predicted octanol–water partition coefficient (Wildman–Crippen LogP) is 5.64. The van der Waals surface area contributed by atoms with Gasteiger partial charge in [0.15, 0.2) is 0 Å². The van der Waals surface area contributed by atoms with Crippen LogP contribution in [0.15, 0.2) is 36.4 Å². The van der Waals surface area contributed by atoms with E-state index in [9.17, 15) is 0 Å². The smallest absolute Gasteiger partial charge is 0.0506 e. The van der Waals surface area contributed by atoms with E-state index in [4.69, 9.17) is 17.3 Å². The molecule has 126 valence electrons. The van der Waals surface area contributed by atoms with Crippen molar-refractivity contribution in [2.45, 2.75) is 39.5 Å². The molecular formula is C21H25ClN2. The van der Waals surface area contributed by atoms with E-state index < -0.39 is 0 Å². The average Bonchev–Trinajstić information content (AvgIpc) is 2.99. The third-order valence-corrected chi connectivity index (χ3v) is 5.06. The first-order valence-corrected chi connectivity index (χ1v) is 9.12. The first kappa shape index (κ1) is 17.1. The first-order chi connectivity index (χ1) is 11.7. The number of benzene rings is 2. The minimum Gasteiger partial charge on any atom is -0.354 e. The summed E-state index contributed by atoms with van der Waals surface area (Å²) in [5.74, 6) is 0. The summed E-state index contributed by atoms with van der Waals surface area (Å²) in [6.45, 7) is 5.04. The summed E-state index contributed by atoms with van der Waals surface area (Å²) in [6, 6.07) is 12.9. The van der Waals surface area contributed by atoms with Crippen molar-refractivity contribution in [2.24, 2.45) is 5.73 Å². The van der Waals surface area contributed by atoms with Crippen LogP contribution in [0.2, 0.25) is 5.02 Å². The molecule has 0 aliphatic rings. The molecule has 0 saturated carbocycles. The molecule has 3 aromatic rings. The van der Waals surface area contributed by atoms with Gasteiger partial charge in [0, 0.05) is 11.1 Å². The number of nitrogens with two attached hydrogens (primary N) is 1. The number of aromatic amines is 1. The first-order valence-electron chi connectivity index (χ1n) is 8.74. The van der Waals surface area contributed by atoms with Gasteiger partial charge < -0.3 is 10.7 Å². The van der Waals surface area contributed by atoms with Crippen LogP contribution in [0, 0.1) is 6.92 Å². The summed E-state index contributed by atoms with van der Waals surface area (Å²) in [5.41, 5.74) is 13.2. The highest BCUT2D eigenvalue weighted by atomic mass is 35.5. The summed E-state index contributed by atoms with van der Waals surface area (Å²) in [6.07, 6.45) is 4.16. The third-order valence-electron chi connectivity index (χ3n) is 4.75. The lowest BCUT2D eigenvalue weighted by Gasteiger charge is -2.07. The number of unbranched alkanes of at least 4 members (excludes halogenated alkanes) is 1. The zero-order valence-electron chi connectivity index (χ0n) is 14.5. The molecule has 3 heteroatoms. The molecule has 24 heavy (non-hydrogen) atoms. The minimum absolute atomic E-state index is 0.732. The molecule has 0 fully saturated rings. The number of aryl methyl sites for hydroxylation is 3. The minimum atomic E-state index is 0.732. The Labute approximate surface area is 149 Å². The Morgan fingerprint density at radius 3 is 2.46 bits per heavy atom. The predicted molar refractivity (Wildman–Crippen MR) is 105 cm³/mol. The maximum absolute atomic E-state index is 6.55. The Bertz CT molecular complexity index is 831. The van der Waals surface area contributed by atoms with Crippen LogP contribution in [0.1, 0.15) is 36.5 Å². The molecule has 0 unspecified atom stereocenters. The van der Waals surface area contributed by atoms with Crippen molar-refractivity contribution in [3.05, 3.63) is 58.1 Å². The molecule has 1 aromatic heterocycles. The van der Waals surface area contributed by atoms with Crippen molar-refractivity contribution in [3.63, 3.8) is 0 Å². The highest BCUT2D eigenvalue weighted by Gasteiger charge is 2.16. The lowest BCUT2D eigenvalue weighted by molar-refractivity contribution is 0.748. The maximum atomic E-state index is 6.55. The van der Waals surface area contributed by atoms with E-state index in [1.54, 1.807) is 0 Å². The fourth-order valence-corrected chi connectivity index (χ4v) is 3.58. The summed E-state index contributed by atoms with van der Waals surface area (Å²) in [4.78, 5) is 3.64. The summed E-state index contributed by atoms with van der Waals surface area (Å²) < 4.78 is 0. The van der Waals surface area contributed by atoms with Crippen molar-refractivity contribution in [1.29, 1.82) is 0 Å². The van der Waals surface area contributed by atoms with E-state index in [2.05, 4.69) is 49.2 Å². The molecule has 0 radical (unpaired) electrons. The number of aromatic nitrogens is 1. The lowest BCUT2D eigenvalue weighted by atomic mass is 9.98. The maximum Gasteiger partial charge on any atom is 0.0506 e. The van der Waals surface area contributed by atoms with Gasteiger partial charge in [0.2, 0.25) is 0 Å². The fraction of sp³-hybridized carbons (Fsp3) is 0.333. The average molecular weight is 341 g/mol. The standard InChI is InChI=1S/C21H25ClN2/c1-3-15-8-10-16(11-9-15)21-17(6-4-5-13-23)19-18(22)12-7-14(2)20(19)24-21/h7-12,24H,3-6,13,23H2,1-2H3. The van der Waals surface area contributed by atoms with Crippen molar-refractivity contribution in [3.8, 4) is 11.3 Å². The zero-order valence-corrected chi connectivity index (χ0v) is 15.2. The van der Waals surface area contributed by atoms with Crippen LogP contribution in [-0.2, 0) is 12.8 Å². The van der Waals surface area contributed by atoms with Crippen LogP contribution in [0.4, 0.5) is 0 Å². The second kappa shape index (κ2) is 7.42. The zero-order chi connectivity index (χ0) is 17.1. The number of rotatable bonds is 6. The topological polar surface area (TPSA) is 41.8 Å². The largest absolute Gasteiger partial charge is 0.354 e. The van der Waals surface area contributed by atoms with Crippen LogP contribution >= 0.6 is 11.6 Å². The molecule has 0 saturated heterocycles. The number of nitrogens with one attached hydrogen (secondary N) is 1. The molecule has 0 aliphatic heterocycles. The fourth-order valence-electron chi connectivity index (χ4n) is 3.31. The molecule has 1 heterocycles. The molecule has 3 rings (SSSR count). The second-order valence-electron chi connectivity index (χ2n) is 6.39. The molecule has 0 atom stereocenters. The van der Waals surface area contributed by atoms with E-state index in [1.165, 1.54) is 33.3 Å². The molecule has 2 nitrogen and oxygen atoms in total. The summed E-state index contributed by atoms with van der Waals surface area (Å²) >= 11 is 6.55. The van der Waals surface area contributed by atoms with E-state index in [0.717, 1.165) is 42.8 Å². The van der Waals surface area contributed by atoms with Crippen molar-refractivity contribution in [1.82, 2.24) is 4.98 Å². The van der Waals surface area contributed by atoms with Gasteiger partial charge in [-0.05, 0) is 67.5 Å². The monoisotopic (exact) mass is 340 g/mol. The molecular weight excluding hydrogens is 316 g/mol. The summed E-state index contributed by atoms with van der Waals surface area (Å²) in [5, 5.41) is 1.99. The van der Waals surface area contributed by atoms with Gasteiger partial charge >= 0.3 is 0 Å². The van der Waals surface area contributed by atoms with Gasteiger partial charge in [-0.25, -0.2) is 0 Å². The Balaban J connectivity index is 2.15. The highest BCUT2D eigenvalue weighted by Crippen LogP contribution is 2.37. The van der Waals surface area contributed by atoms with Crippen LogP contribution in [0.5, 0.6) is 0 Å². The van der Waals surface area contributed by atoms with Crippen LogP contribution in [0.25, 0.3) is 22.2 Å². The number of halogens is 1. The molecule has 0 bridgehead atoms. The normalized spacial score (nSPS) is 11.3. The molecule has 0 spiro atoms. The van der Waals surface area contributed by atoms with E-state index >= 15 is 0 Å². The van der Waals surface area contributed by atoms with Crippen LogP contribution in [-0.4, -0.2) is 11.5 Å². The van der Waals surface area contributed by atoms with Crippen LogP contribution in [0.3, 0.4) is 0 Å². The van der Waals surface area contributed by atoms with E-state index in [1.807, 2.05) is 6.07 Å². The second-order valence-corrected chi connectivity index (χ2v) is 6.80. The van der Waals surface area contributed by atoms with Gasteiger partial charge in [0.1, 0.15) is 0 Å². The Kier molecular flexibility index (Phi) is 5.27. The SMILES string of the molecule is CCc1ccc(-c2[nH]c3c(C)ccc(Cl)c3c2CCCCN)cc1. The van der Waals surface area contributed by atoms with Crippen molar-refractivity contribution in [2.75, 3.05) is 6.54 Å².